The Hall–Kier alpha value is -2.50. The second kappa shape index (κ2) is 9.62. The summed E-state index contributed by atoms with van der Waals surface area (Å²) in [6.45, 7) is 3.47. The van der Waals surface area contributed by atoms with Gasteiger partial charge in [-0.15, -0.1) is 0 Å². The van der Waals surface area contributed by atoms with Crippen molar-refractivity contribution in [2.24, 2.45) is 11.3 Å². The second-order valence-corrected chi connectivity index (χ2v) is 7.85. The molecule has 1 aromatic carbocycles. The maximum atomic E-state index is 12.7. The molecule has 3 atom stereocenters. The number of carbonyl (C=O) groups excluding carboxylic acids is 4. The average molecular weight is 387 g/mol. The number of esters is 1. The number of benzene rings is 1. The lowest BCUT2D eigenvalue weighted by Gasteiger charge is -2.35. The van der Waals surface area contributed by atoms with Crippen molar-refractivity contribution in [2.45, 2.75) is 58.4 Å². The van der Waals surface area contributed by atoms with Crippen LogP contribution in [0.4, 0.5) is 0 Å². The number of hydrogen-bond acceptors (Lipinski definition) is 5. The van der Waals surface area contributed by atoms with Crippen LogP contribution in [-0.2, 0) is 23.9 Å². The largest absolute Gasteiger partial charge is 0.467 e. The molecule has 152 valence electrons. The Labute approximate surface area is 166 Å². The summed E-state index contributed by atoms with van der Waals surface area (Å²) in [5.41, 5.74) is 0.159. The zero-order valence-electron chi connectivity index (χ0n) is 16.8. The highest BCUT2D eigenvalue weighted by molar-refractivity contribution is 5.93. The van der Waals surface area contributed by atoms with E-state index in [2.05, 4.69) is 5.32 Å². The van der Waals surface area contributed by atoms with Gasteiger partial charge < -0.3 is 14.8 Å². The van der Waals surface area contributed by atoms with Crippen LogP contribution >= 0.6 is 0 Å². The van der Waals surface area contributed by atoms with Crippen LogP contribution in [-0.4, -0.2) is 30.6 Å². The van der Waals surface area contributed by atoms with Gasteiger partial charge in [0.05, 0.1) is 7.11 Å². The van der Waals surface area contributed by atoms with Crippen LogP contribution < -0.4 is 5.32 Å². The first-order valence-electron chi connectivity index (χ1n) is 9.72. The van der Waals surface area contributed by atoms with Crippen molar-refractivity contribution < 1.29 is 23.9 Å². The van der Waals surface area contributed by atoms with Gasteiger partial charge in [0, 0.05) is 24.2 Å². The number of ketones is 2. The molecule has 0 aromatic heterocycles. The Kier molecular flexibility index (Phi) is 7.49. The van der Waals surface area contributed by atoms with Crippen molar-refractivity contribution in [3.63, 3.8) is 0 Å². The molecule has 6 heteroatoms. The first-order chi connectivity index (χ1) is 13.3. The molecule has 0 spiro atoms. The molecular weight excluding hydrogens is 358 g/mol. The highest BCUT2D eigenvalue weighted by atomic mass is 16.5. The van der Waals surface area contributed by atoms with Gasteiger partial charge in [0.25, 0.3) is 0 Å². The first kappa shape index (κ1) is 21.8. The molecule has 6 nitrogen and oxygen atoms in total. The van der Waals surface area contributed by atoms with Crippen molar-refractivity contribution in [2.75, 3.05) is 7.11 Å². The Balaban J connectivity index is 2.00. The quantitative estimate of drug-likeness (QED) is 0.692. The van der Waals surface area contributed by atoms with Crippen molar-refractivity contribution in [1.29, 1.82) is 0 Å². The minimum atomic E-state index is -0.891. The maximum absolute atomic E-state index is 12.7. The molecule has 0 radical (unpaired) electrons. The minimum absolute atomic E-state index is 0.0526. The summed E-state index contributed by atoms with van der Waals surface area (Å²) in [4.78, 5) is 48.7. The van der Waals surface area contributed by atoms with Gasteiger partial charge in [-0.2, -0.15) is 0 Å². The van der Waals surface area contributed by atoms with Crippen LogP contribution in [0.25, 0.3) is 0 Å². The average Bonchev–Trinajstić information content (AvgIpc) is 2.68. The number of methoxy groups -OCH3 is 1. The molecule has 2 rings (SSSR count). The van der Waals surface area contributed by atoms with E-state index in [1.807, 2.05) is 13.0 Å². The molecule has 0 aliphatic heterocycles. The summed E-state index contributed by atoms with van der Waals surface area (Å²) in [5, 5.41) is 2.75. The van der Waals surface area contributed by atoms with E-state index < -0.39 is 23.3 Å². The van der Waals surface area contributed by atoms with Gasteiger partial charge >= 0.3 is 5.97 Å². The van der Waals surface area contributed by atoms with E-state index in [9.17, 15) is 19.2 Å². The topological polar surface area (TPSA) is 89.5 Å². The number of nitrogens with one attached hydrogen (secondary N) is 1. The van der Waals surface area contributed by atoms with Crippen LogP contribution in [0, 0.1) is 11.3 Å². The summed E-state index contributed by atoms with van der Waals surface area (Å²) in [6.07, 6.45) is 3.17. The van der Waals surface area contributed by atoms with Crippen LogP contribution in [0.15, 0.2) is 30.3 Å². The summed E-state index contributed by atoms with van der Waals surface area (Å²) in [6, 6.07) is 8.01. The number of ether oxygens (including phenoxy) is 1. The predicted octanol–water partition coefficient (Wildman–Crippen LogP) is 3.15. The molecule has 0 heterocycles. The Morgan fingerprint density at radius 3 is 2.50 bits per heavy atom. The Morgan fingerprint density at radius 2 is 1.93 bits per heavy atom. The molecule has 1 unspecified atom stereocenters. The maximum Gasteiger partial charge on any atom is 0.333 e. The third kappa shape index (κ3) is 5.50. The molecule has 0 bridgehead atoms. The number of hydrogen-bond donors (Lipinski definition) is 1. The van der Waals surface area contributed by atoms with Gasteiger partial charge in [-0.05, 0) is 38.2 Å². The fourth-order valence-electron chi connectivity index (χ4n) is 3.72. The number of carbonyl (C=O) groups is 4. The minimum Gasteiger partial charge on any atom is -0.467 e. The lowest BCUT2D eigenvalue weighted by Crippen LogP contribution is -2.43. The molecule has 1 fully saturated rings. The highest BCUT2D eigenvalue weighted by Crippen LogP contribution is 2.40. The lowest BCUT2D eigenvalue weighted by atomic mass is 9.68. The Morgan fingerprint density at radius 1 is 1.25 bits per heavy atom. The van der Waals surface area contributed by atoms with Gasteiger partial charge in [0.2, 0.25) is 5.91 Å². The first-order valence-corrected chi connectivity index (χ1v) is 9.72. The molecular formula is C22H29NO5. The number of amides is 1. The third-order valence-electron chi connectivity index (χ3n) is 5.63. The van der Waals surface area contributed by atoms with Crippen molar-refractivity contribution in [3.05, 3.63) is 35.9 Å². The van der Waals surface area contributed by atoms with Crippen molar-refractivity contribution in [1.82, 2.24) is 5.32 Å². The molecule has 1 aromatic rings. The summed E-state index contributed by atoms with van der Waals surface area (Å²) in [5.74, 6) is -1.13. The van der Waals surface area contributed by atoms with Gasteiger partial charge in [-0.25, -0.2) is 4.79 Å². The smallest absolute Gasteiger partial charge is 0.333 e. The van der Waals surface area contributed by atoms with Crippen LogP contribution in [0.2, 0.25) is 0 Å². The van der Waals surface area contributed by atoms with Crippen molar-refractivity contribution >= 4 is 23.4 Å². The van der Waals surface area contributed by atoms with E-state index >= 15 is 0 Å². The zero-order chi connectivity index (χ0) is 20.7. The van der Waals surface area contributed by atoms with Crippen LogP contribution in [0.5, 0.6) is 0 Å². The summed E-state index contributed by atoms with van der Waals surface area (Å²) >= 11 is 0. The normalized spacial score (nSPS) is 23.0. The number of Topliss-reactive ketones (excluding diaryl/α,β-unsaturated/α-hetero) is 2. The van der Waals surface area contributed by atoms with E-state index in [0.29, 0.717) is 37.7 Å². The summed E-state index contributed by atoms with van der Waals surface area (Å²) < 4.78 is 4.82. The van der Waals surface area contributed by atoms with E-state index in [-0.39, 0.29) is 23.9 Å². The van der Waals surface area contributed by atoms with Crippen molar-refractivity contribution in [3.8, 4) is 0 Å². The Bertz CT molecular complexity index is 730. The number of rotatable bonds is 8. The SMILES string of the molecule is COC(=O)C(NC(=O)[C@@H]1CC[C@@](C)(CCCC(C)=O)C(=O)C1)c1ccccc1. The molecule has 0 saturated heterocycles. The van der Waals surface area contributed by atoms with E-state index in [4.69, 9.17) is 4.74 Å². The fraction of sp³-hybridized carbons (Fsp3) is 0.545. The van der Waals surface area contributed by atoms with E-state index in [0.717, 1.165) is 0 Å². The van der Waals surface area contributed by atoms with Crippen LogP contribution in [0.3, 0.4) is 0 Å². The molecule has 1 aliphatic carbocycles. The molecule has 1 saturated carbocycles. The molecule has 28 heavy (non-hydrogen) atoms. The lowest BCUT2D eigenvalue weighted by molar-refractivity contribution is -0.146. The van der Waals surface area contributed by atoms with Crippen LogP contribution in [0.1, 0.15) is 64.0 Å². The van der Waals surface area contributed by atoms with E-state index in [1.165, 1.54) is 7.11 Å². The van der Waals surface area contributed by atoms with Gasteiger partial charge in [-0.1, -0.05) is 37.3 Å². The van der Waals surface area contributed by atoms with E-state index in [1.54, 1.807) is 31.2 Å². The zero-order valence-corrected chi connectivity index (χ0v) is 16.8. The molecule has 1 N–H and O–H groups in total. The molecule has 1 aliphatic rings. The molecule has 1 amide bonds. The van der Waals surface area contributed by atoms with Gasteiger partial charge in [-0.3, -0.25) is 9.59 Å². The van der Waals surface area contributed by atoms with Gasteiger partial charge in [0.15, 0.2) is 6.04 Å². The highest BCUT2D eigenvalue weighted by Gasteiger charge is 2.41. The standard InChI is InChI=1S/C22H29NO5/c1-15(24)8-7-12-22(2)13-11-17(14-18(22)25)20(26)23-19(21(27)28-3)16-9-5-4-6-10-16/h4-6,9-10,17,19H,7-8,11-14H2,1-3H3,(H,23,26)/t17-,19?,22-/m1/s1. The second-order valence-electron chi connectivity index (χ2n) is 7.85. The third-order valence-corrected chi connectivity index (χ3v) is 5.63. The monoisotopic (exact) mass is 387 g/mol. The predicted molar refractivity (Wildman–Crippen MR) is 104 cm³/mol. The van der Waals surface area contributed by atoms with Gasteiger partial charge in [0.1, 0.15) is 11.6 Å². The fourth-order valence-corrected chi connectivity index (χ4v) is 3.72. The summed E-state index contributed by atoms with van der Waals surface area (Å²) in [7, 11) is 1.28.